The third-order valence-corrected chi connectivity index (χ3v) is 7.78. The average molecular weight is 573 g/mol. The number of amides is 2. The molecular weight excluding hydrogens is 543 g/mol. The van der Waals surface area contributed by atoms with Crippen LogP contribution in [-0.4, -0.2) is 70.9 Å². The summed E-state index contributed by atoms with van der Waals surface area (Å²) in [5.74, 6) is -0.883. The third kappa shape index (κ3) is 5.87. The molecule has 0 aromatic carbocycles. The predicted octanol–water partition coefficient (Wildman–Crippen LogP) is 2.35. The van der Waals surface area contributed by atoms with Gasteiger partial charge in [0.25, 0.3) is 5.91 Å². The van der Waals surface area contributed by atoms with Gasteiger partial charge in [-0.05, 0) is 31.8 Å². The van der Waals surface area contributed by atoms with Crippen LogP contribution in [0, 0.1) is 17.1 Å². The highest BCUT2D eigenvalue weighted by Crippen LogP contribution is 2.50. The van der Waals surface area contributed by atoms with Crippen molar-refractivity contribution < 1.29 is 28.2 Å². The minimum absolute atomic E-state index is 0.00225. The number of pyridine rings is 2. The van der Waals surface area contributed by atoms with Crippen molar-refractivity contribution in [3.05, 3.63) is 58.4 Å². The minimum Gasteiger partial charge on any atom is -0.484 e. The molecule has 3 aliphatic rings. The van der Waals surface area contributed by atoms with Crippen LogP contribution in [0.15, 0.2) is 36.3 Å². The maximum atomic E-state index is 14.2. The zero-order valence-corrected chi connectivity index (χ0v) is 22.7. The van der Waals surface area contributed by atoms with Gasteiger partial charge in [0.05, 0.1) is 61.4 Å². The molecule has 2 amide bonds. The number of nitrogens with zero attached hydrogens (tertiary/aromatic N) is 3. The molecule has 0 unspecified atom stereocenters. The predicted molar refractivity (Wildman–Crippen MR) is 143 cm³/mol. The molecule has 2 aromatic rings. The first kappa shape index (κ1) is 27.8. The van der Waals surface area contributed by atoms with Crippen molar-refractivity contribution in [1.29, 1.82) is 5.41 Å². The van der Waals surface area contributed by atoms with Crippen LogP contribution in [0.1, 0.15) is 36.9 Å². The highest BCUT2D eigenvalue weighted by molar-refractivity contribution is 6.31. The van der Waals surface area contributed by atoms with E-state index in [1.54, 1.807) is 17.2 Å². The first-order valence-electron chi connectivity index (χ1n) is 12.9. The number of carbonyl (C=O) groups is 2. The summed E-state index contributed by atoms with van der Waals surface area (Å²) in [5.41, 5.74) is 5.62. The van der Waals surface area contributed by atoms with Crippen molar-refractivity contribution in [2.75, 3.05) is 26.9 Å². The number of nitrogens with one attached hydrogen (secondary N) is 2. The number of likely N-dealkylation sites (tertiary alicyclic amines) is 1. The highest BCUT2D eigenvalue weighted by Gasteiger charge is 2.54. The fourth-order valence-electron chi connectivity index (χ4n) is 4.97. The van der Waals surface area contributed by atoms with Crippen LogP contribution in [0.5, 0.6) is 11.6 Å². The Kier molecular flexibility index (Phi) is 7.90. The van der Waals surface area contributed by atoms with E-state index in [9.17, 15) is 14.0 Å². The summed E-state index contributed by atoms with van der Waals surface area (Å²) in [5, 5.41) is 11.6. The molecule has 13 heteroatoms. The summed E-state index contributed by atoms with van der Waals surface area (Å²) >= 11 is 6.35. The van der Waals surface area contributed by atoms with E-state index in [1.807, 2.05) is 0 Å². The lowest BCUT2D eigenvalue weighted by Gasteiger charge is -2.39. The minimum atomic E-state index is -0.725. The number of hydrogen-bond donors (Lipinski definition) is 3. The van der Waals surface area contributed by atoms with Gasteiger partial charge in [-0.25, -0.2) is 9.37 Å². The third-order valence-electron chi connectivity index (χ3n) is 7.45. The molecule has 1 saturated carbocycles. The average Bonchev–Trinajstić information content (AvgIpc) is 3.68. The Morgan fingerprint density at radius 1 is 1.32 bits per heavy atom. The molecule has 1 spiro atoms. The maximum absolute atomic E-state index is 14.2. The van der Waals surface area contributed by atoms with Gasteiger partial charge >= 0.3 is 0 Å². The summed E-state index contributed by atoms with van der Waals surface area (Å²) in [6.45, 7) is 1.58. The molecule has 0 radical (unpaired) electrons. The number of piperidine rings is 1. The van der Waals surface area contributed by atoms with E-state index in [1.165, 1.54) is 13.2 Å². The number of carbonyl (C=O) groups excluding carboxylic acids is 2. The zero-order chi connectivity index (χ0) is 28.4. The second-order valence-electron chi connectivity index (χ2n) is 10.2. The number of ether oxygens (including phenoxy) is 3. The number of halogens is 2. The molecule has 40 heavy (non-hydrogen) atoms. The summed E-state index contributed by atoms with van der Waals surface area (Å²) in [6.07, 6.45) is 6.13. The smallest absolute Gasteiger partial charge is 0.270 e. The molecule has 2 saturated heterocycles. The van der Waals surface area contributed by atoms with Crippen LogP contribution in [0.25, 0.3) is 0 Å². The standard InChI is InChI=1S/C27H30ClFN6O5/c1-38-24-7-18(20(29)11-33-24)21(30)8-22(31)26(37)35-5-2-15(9-27(35)3-4-27)25(36)34-12-23-19(28)6-16(10-32-23)40-17-13-39-14-17/h6-8,10-11,15,17,30H,2-5,9,12-14,31H2,1H3,(H,34,36)/t15-/m0/s1. The SMILES string of the molecule is COc1cc(C(=N)C=C(N)C(=O)N2CC[C@H](C(=O)NCc3ncc(OC4COC4)cc3Cl)CC23CC3)c(F)cn1. The van der Waals surface area contributed by atoms with Gasteiger partial charge in [0.15, 0.2) is 5.82 Å². The van der Waals surface area contributed by atoms with E-state index in [0.717, 1.165) is 25.1 Å². The summed E-state index contributed by atoms with van der Waals surface area (Å²) in [6, 6.07) is 2.95. The van der Waals surface area contributed by atoms with Gasteiger partial charge in [-0.2, -0.15) is 0 Å². The maximum Gasteiger partial charge on any atom is 0.270 e. The van der Waals surface area contributed by atoms with E-state index in [0.29, 0.717) is 49.1 Å². The Morgan fingerprint density at radius 3 is 2.75 bits per heavy atom. The van der Waals surface area contributed by atoms with Crippen molar-refractivity contribution >= 4 is 29.1 Å². The van der Waals surface area contributed by atoms with E-state index in [4.69, 9.17) is 37.0 Å². The van der Waals surface area contributed by atoms with Crippen LogP contribution in [0.2, 0.25) is 5.02 Å². The second-order valence-corrected chi connectivity index (χ2v) is 10.6. The Morgan fingerprint density at radius 2 is 2.10 bits per heavy atom. The normalized spacial score (nSPS) is 20.0. The van der Waals surface area contributed by atoms with Crippen LogP contribution in [0.3, 0.4) is 0 Å². The van der Waals surface area contributed by atoms with Crippen LogP contribution in [0.4, 0.5) is 4.39 Å². The number of methoxy groups -OCH3 is 1. The largest absolute Gasteiger partial charge is 0.484 e. The first-order chi connectivity index (χ1) is 19.2. The highest BCUT2D eigenvalue weighted by atomic mass is 35.5. The van der Waals surface area contributed by atoms with E-state index >= 15 is 0 Å². The molecule has 3 fully saturated rings. The topological polar surface area (TPSA) is 153 Å². The molecular formula is C27H30ClFN6O5. The van der Waals surface area contributed by atoms with Crippen molar-refractivity contribution in [2.45, 2.75) is 43.9 Å². The summed E-state index contributed by atoms with van der Waals surface area (Å²) in [7, 11) is 1.38. The van der Waals surface area contributed by atoms with Gasteiger partial charge < -0.3 is 35.6 Å². The van der Waals surface area contributed by atoms with Crippen LogP contribution < -0.4 is 20.5 Å². The fraction of sp³-hybridized carbons (Fsp3) is 0.444. The monoisotopic (exact) mass is 572 g/mol. The van der Waals surface area contributed by atoms with Crippen molar-refractivity contribution in [1.82, 2.24) is 20.2 Å². The lowest BCUT2D eigenvalue weighted by atomic mass is 9.88. The lowest BCUT2D eigenvalue weighted by Crippen LogP contribution is -2.51. The Hall–Kier alpha value is -3.77. The Labute approximate surface area is 235 Å². The van der Waals surface area contributed by atoms with Gasteiger partial charge in [-0.15, -0.1) is 0 Å². The Balaban J connectivity index is 1.17. The number of aromatic nitrogens is 2. The van der Waals surface area contributed by atoms with Crippen molar-refractivity contribution in [2.24, 2.45) is 11.7 Å². The zero-order valence-electron chi connectivity index (χ0n) is 21.9. The first-order valence-corrected chi connectivity index (χ1v) is 13.3. The van der Waals surface area contributed by atoms with Gasteiger partial charge in [0, 0.05) is 35.7 Å². The number of allylic oxidation sites excluding steroid dienone is 1. The number of rotatable bonds is 9. The second kappa shape index (κ2) is 11.4. The fourth-order valence-corrected chi connectivity index (χ4v) is 5.20. The van der Waals surface area contributed by atoms with Crippen LogP contribution >= 0.6 is 11.6 Å². The van der Waals surface area contributed by atoms with E-state index < -0.39 is 17.3 Å². The summed E-state index contributed by atoms with van der Waals surface area (Å²) < 4.78 is 30.0. The Bertz CT molecular complexity index is 1360. The molecule has 1 atom stereocenters. The molecule has 2 aromatic heterocycles. The van der Waals surface area contributed by atoms with Crippen molar-refractivity contribution in [3.8, 4) is 11.6 Å². The molecule has 4 N–H and O–H groups in total. The van der Waals surface area contributed by atoms with Crippen LogP contribution in [-0.2, 0) is 20.9 Å². The molecule has 4 heterocycles. The van der Waals surface area contributed by atoms with Gasteiger partial charge in [-0.1, -0.05) is 11.6 Å². The molecule has 5 rings (SSSR count). The van der Waals surface area contributed by atoms with E-state index in [2.05, 4.69) is 15.3 Å². The van der Waals surface area contributed by atoms with E-state index in [-0.39, 0.29) is 47.3 Å². The number of hydrogen-bond acceptors (Lipinski definition) is 9. The molecule has 0 bridgehead atoms. The molecule has 2 aliphatic heterocycles. The summed E-state index contributed by atoms with van der Waals surface area (Å²) in [4.78, 5) is 36.0. The lowest BCUT2D eigenvalue weighted by molar-refractivity contribution is -0.137. The van der Waals surface area contributed by atoms with Gasteiger partial charge in [-0.3, -0.25) is 14.6 Å². The van der Waals surface area contributed by atoms with Crippen molar-refractivity contribution in [3.63, 3.8) is 0 Å². The molecule has 1 aliphatic carbocycles. The van der Waals surface area contributed by atoms with Gasteiger partial charge in [0.1, 0.15) is 11.9 Å². The molecule has 11 nitrogen and oxygen atoms in total. The molecule has 212 valence electrons. The quantitative estimate of drug-likeness (QED) is 0.306. The van der Waals surface area contributed by atoms with Gasteiger partial charge in [0.2, 0.25) is 11.8 Å². The number of nitrogens with two attached hydrogens (primary N) is 1.